The van der Waals surface area contributed by atoms with Gasteiger partial charge in [-0.2, -0.15) is 0 Å². The zero-order chi connectivity index (χ0) is 17.1. The van der Waals surface area contributed by atoms with Crippen molar-refractivity contribution in [3.8, 4) is 0 Å². The maximum atomic E-state index is 11.3. The van der Waals surface area contributed by atoms with Crippen molar-refractivity contribution < 1.29 is 48.5 Å². The molecule has 0 aromatic rings. The summed E-state index contributed by atoms with van der Waals surface area (Å²) in [4.78, 5) is 57.2. The van der Waals surface area contributed by atoms with Crippen molar-refractivity contribution in [2.45, 2.75) is 18.6 Å². The monoisotopic (exact) mass is 350 g/mol. The smallest absolute Gasteiger partial charge is 0.339 e. The molecule has 0 unspecified atom stereocenters. The minimum Gasteiger partial charge on any atom is -0.481 e. The summed E-state index contributed by atoms with van der Waals surface area (Å²) in [5.74, 6) is -3.05. The Bertz CT molecular complexity index is 474. The number of amides is 1. The largest absolute Gasteiger partial charge is 0.481 e. The summed E-state index contributed by atoms with van der Waals surface area (Å²) in [6, 6.07) is 0. The third-order valence-electron chi connectivity index (χ3n) is 2.32. The van der Waals surface area contributed by atoms with Crippen molar-refractivity contribution in [2.24, 2.45) is 5.73 Å². The van der Waals surface area contributed by atoms with Crippen molar-refractivity contribution in [3.05, 3.63) is 0 Å². The summed E-state index contributed by atoms with van der Waals surface area (Å²) >= 11 is 0. The fourth-order valence-electron chi connectivity index (χ4n) is 1.44. The van der Waals surface area contributed by atoms with Gasteiger partial charge in [-0.15, -0.1) is 0 Å². The molecule has 0 aliphatic carbocycles. The van der Waals surface area contributed by atoms with Crippen LogP contribution in [0.3, 0.4) is 0 Å². The summed E-state index contributed by atoms with van der Waals surface area (Å²) in [6.07, 6.45) is -4.51. The Labute approximate surface area is 118 Å². The first kappa shape index (κ1) is 20.2. The highest BCUT2D eigenvalue weighted by molar-refractivity contribution is 7.52. The SMILES string of the molecule is NC(=O)[C@](O)(CCC(=O)O)N(CP(=O)(O)O)CP(=O)(O)O. The standard InChI is InChI=1S/C7H16N2O10P2/c8-6(12)7(13,2-1-5(10)11)9(3-20(14,15)16)4-21(17,18)19/h13H,1-4H2,(H2,8,12)(H,10,11)(H2,14,15,16)(H2,17,18,19)/t7-/m1/s1. The number of primary amides is 1. The number of aliphatic carboxylic acids is 1. The van der Waals surface area contributed by atoms with Crippen molar-refractivity contribution >= 4 is 27.1 Å². The van der Waals surface area contributed by atoms with Crippen LogP contribution < -0.4 is 5.73 Å². The summed E-state index contributed by atoms with van der Waals surface area (Å²) in [7, 11) is -9.85. The van der Waals surface area contributed by atoms with Crippen LogP contribution in [0.25, 0.3) is 0 Å². The number of aliphatic hydroxyl groups is 1. The highest BCUT2D eigenvalue weighted by Gasteiger charge is 2.45. The zero-order valence-electron chi connectivity index (χ0n) is 10.6. The molecule has 8 N–H and O–H groups in total. The molecule has 1 atom stereocenters. The van der Waals surface area contributed by atoms with Gasteiger partial charge in [-0.3, -0.25) is 18.7 Å². The Kier molecular flexibility index (Phi) is 6.67. The number of carboxylic acid groups (broad SMARTS) is 1. The number of carboxylic acids is 1. The van der Waals surface area contributed by atoms with Crippen LogP contribution in [0.4, 0.5) is 0 Å². The summed E-state index contributed by atoms with van der Waals surface area (Å²) in [5.41, 5.74) is 1.94. The molecule has 0 bridgehead atoms. The lowest BCUT2D eigenvalue weighted by molar-refractivity contribution is -0.161. The van der Waals surface area contributed by atoms with Crippen LogP contribution in [0.1, 0.15) is 12.8 Å². The molecule has 0 aliphatic heterocycles. The Morgan fingerprint density at radius 3 is 1.67 bits per heavy atom. The molecule has 1 amide bonds. The van der Waals surface area contributed by atoms with Crippen LogP contribution in [0.15, 0.2) is 0 Å². The van der Waals surface area contributed by atoms with Crippen molar-refractivity contribution in [2.75, 3.05) is 12.6 Å². The number of hydrogen-bond donors (Lipinski definition) is 7. The van der Waals surface area contributed by atoms with Crippen LogP contribution in [0.2, 0.25) is 0 Å². The van der Waals surface area contributed by atoms with Crippen molar-refractivity contribution in [3.63, 3.8) is 0 Å². The molecule has 14 heteroatoms. The first-order chi connectivity index (χ1) is 9.17. The molecule has 0 aromatic heterocycles. The lowest BCUT2D eigenvalue weighted by Crippen LogP contribution is -2.58. The highest BCUT2D eigenvalue weighted by Crippen LogP contribution is 2.43. The van der Waals surface area contributed by atoms with Gasteiger partial charge >= 0.3 is 21.2 Å². The number of nitrogens with two attached hydrogens (primary N) is 1. The Morgan fingerprint density at radius 2 is 1.43 bits per heavy atom. The van der Waals surface area contributed by atoms with E-state index < -0.39 is 58.2 Å². The van der Waals surface area contributed by atoms with Crippen LogP contribution in [0.5, 0.6) is 0 Å². The van der Waals surface area contributed by atoms with E-state index in [1.165, 1.54) is 0 Å². The molecule has 0 rings (SSSR count). The van der Waals surface area contributed by atoms with Gasteiger partial charge in [0.25, 0.3) is 5.91 Å². The Balaban J connectivity index is 5.56. The molecule has 0 aliphatic rings. The summed E-state index contributed by atoms with van der Waals surface area (Å²) in [5, 5.41) is 18.5. The molecule has 0 saturated heterocycles. The van der Waals surface area contributed by atoms with E-state index in [0.717, 1.165) is 0 Å². The van der Waals surface area contributed by atoms with E-state index in [1.54, 1.807) is 0 Å². The van der Waals surface area contributed by atoms with Gasteiger partial charge in [0.2, 0.25) is 0 Å². The van der Waals surface area contributed by atoms with Gasteiger partial charge in [-0.1, -0.05) is 0 Å². The molecule has 124 valence electrons. The molecule has 0 fully saturated rings. The molecule has 0 radical (unpaired) electrons. The predicted molar refractivity (Wildman–Crippen MR) is 66.7 cm³/mol. The lowest BCUT2D eigenvalue weighted by Gasteiger charge is -2.36. The molecule has 21 heavy (non-hydrogen) atoms. The third kappa shape index (κ3) is 7.65. The summed E-state index contributed by atoms with van der Waals surface area (Å²) < 4.78 is 21.9. The molecule has 0 heterocycles. The van der Waals surface area contributed by atoms with E-state index in [-0.39, 0.29) is 4.90 Å². The maximum Gasteiger partial charge on any atom is 0.339 e. The van der Waals surface area contributed by atoms with E-state index in [0.29, 0.717) is 0 Å². The van der Waals surface area contributed by atoms with Crippen molar-refractivity contribution in [1.29, 1.82) is 0 Å². The highest BCUT2D eigenvalue weighted by atomic mass is 31.2. The van der Waals surface area contributed by atoms with Crippen LogP contribution >= 0.6 is 15.2 Å². The number of nitrogens with zero attached hydrogens (tertiary/aromatic N) is 1. The van der Waals surface area contributed by atoms with Gasteiger partial charge in [0, 0.05) is 12.8 Å². The number of carbonyl (C=O) groups excluding carboxylic acids is 1. The van der Waals surface area contributed by atoms with Gasteiger partial charge in [0.1, 0.15) is 12.6 Å². The Hall–Kier alpha value is -0.840. The van der Waals surface area contributed by atoms with Gasteiger partial charge < -0.3 is 35.5 Å². The fourth-order valence-corrected chi connectivity index (χ4v) is 3.16. The van der Waals surface area contributed by atoms with Crippen molar-refractivity contribution in [1.82, 2.24) is 4.90 Å². The number of hydrogen-bond acceptors (Lipinski definition) is 6. The minimum atomic E-state index is -4.92. The van der Waals surface area contributed by atoms with E-state index in [2.05, 4.69) is 0 Å². The second-order valence-electron chi connectivity index (χ2n) is 4.23. The first-order valence-electron chi connectivity index (χ1n) is 5.25. The van der Waals surface area contributed by atoms with Gasteiger partial charge in [-0.05, 0) is 0 Å². The number of carbonyl (C=O) groups is 2. The Morgan fingerprint density at radius 1 is 1.05 bits per heavy atom. The number of rotatable bonds is 9. The van der Waals surface area contributed by atoms with Crippen LogP contribution in [-0.4, -0.2) is 64.9 Å². The van der Waals surface area contributed by atoms with E-state index in [9.17, 15) is 23.8 Å². The molecular formula is C7H16N2O10P2. The lowest BCUT2D eigenvalue weighted by atomic mass is 10.1. The average Bonchev–Trinajstić information content (AvgIpc) is 2.20. The van der Waals surface area contributed by atoms with Gasteiger partial charge in [0.05, 0.1) is 0 Å². The van der Waals surface area contributed by atoms with Crippen LogP contribution in [0, 0.1) is 0 Å². The third-order valence-corrected chi connectivity index (χ3v) is 3.73. The zero-order valence-corrected chi connectivity index (χ0v) is 12.4. The molecular weight excluding hydrogens is 334 g/mol. The summed E-state index contributed by atoms with van der Waals surface area (Å²) in [6.45, 7) is 0. The molecule has 12 nitrogen and oxygen atoms in total. The minimum absolute atomic E-state index is 0.0832. The average molecular weight is 350 g/mol. The van der Waals surface area contributed by atoms with Crippen LogP contribution in [-0.2, 0) is 18.7 Å². The second kappa shape index (κ2) is 6.95. The second-order valence-corrected chi connectivity index (χ2v) is 7.45. The van der Waals surface area contributed by atoms with Gasteiger partial charge in [0.15, 0.2) is 5.72 Å². The normalized spacial score (nSPS) is 15.7. The fraction of sp³-hybridized carbons (Fsp3) is 0.714. The van der Waals surface area contributed by atoms with E-state index >= 15 is 0 Å². The van der Waals surface area contributed by atoms with Gasteiger partial charge in [-0.25, -0.2) is 4.90 Å². The van der Waals surface area contributed by atoms with E-state index in [4.69, 9.17) is 30.4 Å². The molecule has 0 spiro atoms. The predicted octanol–water partition coefficient (Wildman–Crippen LogP) is -2.40. The van der Waals surface area contributed by atoms with E-state index in [1.807, 2.05) is 0 Å². The topological polar surface area (TPSA) is 219 Å². The first-order valence-corrected chi connectivity index (χ1v) is 8.85. The quantitative estimate of drug-likeness (QED) is 0.171. The molecule has 0 aromatic carbocycles. The maximum absolute atomic E-state index is 11.3. The molecule has 0 saturated carbocycles.